The van der Waals surface area contributed by atoms with Crippen molar-refractivity contribution in [3.05, 3.63) is 33.4 Å². The standard InChI is InChI=1S/C19H23BrClNO4/c1-18(2,3)25-15(23)7-11-10-22(17(24)26-19(4,5)6)16-13(11)8-12(20)9-14(16)21/h8-10H,7H2,1-6H3. The Bertz CT molecular complexity index is 859. The lowest BCUT2D eigenvalue weighted by molar-refractivity contribution is -0.153. The lowest BCUT2D eigenvalue weighted by atomic mass is 10.1. The molecule has 0 atom stereocenters. The second-order valence-corrected chi connectivity index (χ2v) is 9.37. The number of hydrogen-bond donors (Lipinski definition) is 0. The number of carbonyl (C=O) groups excluding carboxylic acids is 2. The highest BCUT2D eigenvalue weighted by Crippen LogP contribution is 2.33. The topological polar surface area (TPSA) is 57.5 Å². The summed E-state index contributed by atoms with van der Waals surface area (Å²) >= 11 is 9.77. The minimum Gasteiger partial charge on any atom is -0.460 e. The minimum atomic E-state index is -0.652. The molecule has 0 saturated carbocycles. The maximum atomic E-state index is 12.6. The van der Waals surface area contributed by atoms with E-state index in [4.69, 9.17) is 21.1 Å². The molecule has 0 saturated heterocycles. The fourth-order valence-corrected chi connectivity index (χ4v) is 3.37. The van der Waals surface area contributed by atoms with Gasteiger partial charge in [0.1, 0.15) is 11.2 Å². The summed E-state index contributed by atoms with van der Waals surface area (Å²) in [4.78, 5) is 24.9. The van der Waals surface area contributed by atoms with Gasteiger partial charge in [-0.1, -0.05) is 27.5 Å². The first-order valence-electron chi connectivity index (χ1n) is 8.21. The summed E-state index contributed by atoms with van der Waals surface area (Å²) in [5.41, 5.74) is -0.0920. The van der Waals surface area contributed by atoms with Gasteiger partial charge in [-0.25, -0.2) is 4.79 Å². The Morgan fingerprint density at radius 1 is 1.08 bits per heavy atom. The van der Waals surface area contributed by atoms with Crippen LogP contribution in [-0.2, 0) is 20.7 Å². The predicted octanol–water partition coefficient (Wildman–Crippen LogP) is 5.72. The van der Waals surface area contributed by atoms with Crippen molar-refractivity contribution in [1.29, 1.82) is 0 Å². The van der Waals surface area contributed by atoms with Crippen molar-refractivity contribution < 1.29 is 19.1 Å². The molecule has 0 fully saturated rings. The third kappa shape index (κ3) is 5.24. The average molecular weight is 445 g/mol. The molecule has 142 valence electrons. The summed E-state index contributed by atoms with van der Waals surface area (Å²) in [7, 11) is 0. The number of hydrogen-bond acceptors (Lipinski definition) is 4. The van der Waals surface area contributed by atoms with Crippen LogP contribution >= 0.6 is 27.5 Å². The summed E-state index contributed by atoms with van der Waals surface area (Å²) in [5.74, 6) is -0.378. The maximum Gasteiger partial charge on any atom is 0.419 e. The second kappa shape index (κ2) is 7.24. The first-order valence-corrected chi connectivity index (χ1v) is 9.38. The van der Waals surface area contributed by atoms with E-state index in [-0.39, 0.29) is 12.4 Å². The summed E-state index contributed by atoms with van der Waals surface area (Å²) in [6, 6.07) is 3.52. The molecule has 0 radical (unpaired) electrons. The van der Waals surface area contributed by atoms with Crippen molar-refractivity contribution in [2.45, 2.75) is 59.2 Å². The minimum absolute atomic E-state index is 0.0242. The van der Waals surface area contributed by atoms with Crippen LogP contribution in [0, 0.1) is 0 Å². The van der Waals surface area contributed by atoms with Gasteiger partial charge in [-0.05, 0) is 59.2 Å². The van der Waals surface area contributed by atoms with E-state index in [0.717, 1.165) is 4.47 Å². The zero-order valence-corrected chi connectivity index (χ0v) is 18.1. The molecule has 2 rings (SSSR count). The third-order valence-corrected chi connectivity index (χ3v) is 3.99. The molecule has 1 aromatic heterocycles. The van der Waals surface area contributed by atoms with Crippen LogP contribution in [0.5, 0.6) is 0 Å². The molecular formula is C19H23BrClNO4. The van der Waals surface area contributed by atoms with Gasteiger partial charge in [0.05, 0.1) is 17.0 Å². The van der Waals surface area contributed by atoms with Crippen LogP contribution in [0.3, 0.4) is 0 Å². The largest absolute Gasteiger partial charge is 0.460 e. The van der Waals surface area contributed by atoms with Gasteiger partial charge in [-0.2, -0.15) is 0 Å². The molecular weight excluding hydrogens is 422 g/mol. The van der Waals surface area contributed by atoms with Crippen molar-refractivity contribution in [3.63, 3.8) is 0 Å². The van der Waals surface area contributed by atoms with E-state index >= 15 is 0 Å². The van der Waals surface area contributed by atoms with E-state index in [2.05, 4.69) is 15.9 Å². The average Bonchev–Trinajstić information content (AvgIpc) is 2.73. The first kappa shape index (κ1) is 20.8. The molecule has 5 nitrogen and oxygen atoms in total. The van der Waals surface area contributed by atoms with Crippen LogP contribution in [0.1, 0.15) is 47.1 Å². The zero-order chi connectivity index (χ0) is 19.9. The molecule has 0 aliphatic heterocycles. The van der Waals surface area contributed by atoms with Crippen molar-refractivity contribution >= 4 is 50.5 Å². The van der Waals surface area contributed by atoms with Gasteiger partial charge < -0.3 is 9.47 Å². The van der Waals surface area contributed by atoms with E-state index in [1.807, 2.05) is 26.8 Å². The van der Waals surface area contributed by atoms with Crippen molar-refractivity contribution in [3.8, 4) is 0 Å². The number of benzene rings is 1. The van der Waals surface area contributed by atoms with Gasteiger partial charge in [0.15, 0.2) is 0 Å². The fraction of sp³-hybridized carbons (Fsp3) is 0.474. The zero-order valence-electron chi connectivity index (χ0n) is 15.8. The number of carbonyl (C=O) groups is 2. The number of rotatable bonds is 2. The Hall–Kier alpha value is -1.53. The second-order valence-electron chi connectivity index (χ2n) is 8.05. The first-order chi connectivity index (χ1) is 11.8. The Kier molecular flexibility index (Phi) is 5.78. The molecule has 26 heavy (non-hydrogen) atoms. The number of aromatic nitrogens is 1. The van der Waals surface area contributed by atoms with E-state index in [0.29, 0.717) is 21.5 Å². The predicted molar refractivity (Wildman–Crippen MR) is 106 cm³/mol. The lowest BCUT2D eigenvalue weighted by Gasteiger charge is -2.20. The van der Waals surface area contributed by atoms with Gasteiger partial charge in [0, 0.05) is 16.1 Å². The molecule has 1 heterocycles. The Balaban J connectivity index is 2.51. The fourth-order valence-electron chi connectivity index (χ4n) is 2.47. The van der Waals surface area contributed by atoms with Crippen molar-refractivity contribution in [2.24, 2.45) is 0 Å². The maximum absolute atomic E-state index is 12.6. The monoisotopic (exact) mass is 443 g/mol. The number of nitrogens with zero attached hydrogens (tertiary/aromatic N) is 1. The molecule has 2 aromatic rings. The molecule has 0 bridgehead atoms. The molecule has 1 aromatic carbocycles. The van der Waals surface area contributed by atoms with Gasteiger partial charge in [0.25, 0.3) is 0 Å². The number of esters is 1. The Labute approximate surface area is 166 Å². The molecule has 0 spiro atoms. The summed E-state index contributed by atoms with van der Waals surface area (Å²) < 4.78 is 12.9. The van der Waals surface area contributed by atoms with Crippen LogP contribution in [-0.4, -0.2) is 27.8 Å². The quantitative estimate of drug-likeness (QED) is 0.555. The Morgan fingerprint density at radius 3 is 2.19 bits per heavy atom. The summed E-state index contributed by atoms with van der Waals surface area (Å²) in [6.07, 6.45) is 1.05. The van der Waals surface area contributed by atoms with Crippen molar-refractivity contribution in [2.75, 3.05) is 0 Å². The smallest absolute Gasteiger partial charge is 0.419 e. The van der Waals surface area contributed by atoms with E-state index < -0.39 is 17.3 Å². The molecule has 0 aliphatic rings. The Morgan fingerprint density at radius 2 is 1.65 bits per heavy atom. The van der Waals surface area contributed by atoms with Gasteiger partial charge in [-0.3, -0.25) is 9.36 Å². The van der Waals surface area contributed by atoms with E-state index in [9.17, 15) is 9.59 Å². The van der Waals surface area contributed by atoms with Crippen LogP contribution in [0.2, 0.25) is 5.02 Å². The van der Waals surface area contributed by atoms with E-state index in [1.165, 1.54) is 4.57 Å². The highest BCUT2D eigenvalue weighted by Gasteiger charge is 2.24. The van der Waals surface area contributed by atoms with Crippen LogP contribution in [0.25, 0.3) is 10.9 Å². The molecule has 0 unspecified atom stereocenters. The van der Waals surface area contributed by atoms with Crippen LogP contribution < -0.4 is 0 Å². The molecule has 7 heteroatoms. The van der Waals surface area contributed by atoms with Gasteiger partial charge >= 0.3 is 12.1 Å². The van der Waals surface area contributed by atoms with E-state index in [1.54, 1.807) is 33.0 Å². The lowest BCUT2D eigenvalue weighted by Crippen LogP contribution is -2.27. The van der Waals surface area contributed by atoms with Crippen LogP contribution in [0.15, 0.2) is 22.8 Å². The number of fused-ring (bicyclic) bond motifs is 1. The summed E-state index contributed by atoms with van der Waals surface area (Å²) in [6.45, 7) is 10.8. The SMILES string of the molecule is CC(C)(C)OC(=O)Cc1cn(C(=O)OC(C)(C)C)c2c(Cl)cc(Br)cc12. The van der Waals surface area contributed by atoms with Crippen molar-refractivity contribution in [1.82, 2.24) is 4.57 Å². The molecule has 0 amide bonds. The van der Waals surface area contributed by atoms with Gasteiger partial charge in [0.2, 0.25) is 0 Å². The normalized spacial score (nSPS) is 12.3. The molecule has 0 aliphatic carbocycles. The third-order valence-electron chi connectivity index (χ3n) is 3.24. The highest BCUT2D eigenvalue weighted by molar-refractivity contribution is 9.10. The molecule has 0 N–H and O–H groups in total. The van der Waals surface area contributed by atoms with Gasteiger partial charge in [-0.15, -0.1) is 0 Å². The summed E-state index contributed by atoms with van der Waals surface area (Å²) in [5, 5.41) is 1.08. The number of ether oxygens (including phenoxy) is 2. The highest BCUT2D eigenvalue weighted by atomic mass is 79.9. The number of halogens is 2. The van der Waals surface area contributed by atoms with Crippen LogP contribution in [0.4, 0.5) is 4.79 Å².